The van der Waals surface area contributed by atoms with Crippen LogP contribution >= 0.6 is 0 Å². The molecule has 3 rings (SSSR count). The lowest BCUT2D eigenvalue weighted by Gasteiger charge is -2.36. The monoisotopic (exact) mass is 381 g/mol. The van der Waals surface area contributed by atoms with E-state index in [1.807, 2.05) is 13.8 Å². The van der Waals surface area contributed by atoms with Gasteiger partial charge in [0.1, 0.15) is 23.9 Å². The van der Waals surface area contributed by atoms with Crippen molar-refractivity contribution in [1.29, 1.82) is 5.26 Å². The van der Waals surface area contributed by atoms with Crippen LogP contribution in [-0.2, 0) is 0 Å². The molecule has 0 spiro atoms. The molecule has 0 amide bonds. The van der Waals surface area contributed by atoms with Gasteiger partial charge in [0.15, 0.2) is 0 Å². The molecular formula is C22H18F3N3. The zero-order valence-electron chi connectivity index (χ0n) is 15.4. The standard InChI is InChI=1S/C22H18F3N3/c1-14(2)22-27-20(15-3-7-17(23)8-4-15)11-21(28(22)13-19(25)12-26)16-5-9-18(24)10-6-16/h3-11,13-14,22H,1-2H3/b19-13+. The molecule has 1 atom stereocenters. The zero-order valence-corrected chi connectivity index (χ0v) is 15.4. The average Bonchev–Trinajstić information content (AvgIpc) is 2.69. The van der Waals surface area contributed by atoms with E-state index in [2.05, 4.69) is 0 Å². The summed E-state index contributed by atoms with van der Waals surface area (Å²) >= 11 is 0. The van der Waals surface area contributed by atoms with Crippen molar-refractivity contribution in [3.63, 3.8) is 0 Å². The Kier molecular flexibility index (Phi) is 5.65. The van der Waals surface area contributed by atoms with Crippen LogP contribution in [0.4, 0.5) is 13.2 Å². The van der Waals surface area contributed by atoms with E-state index in [1.165, 1.54) is 30.3 Å². The van der Waals surface area contributed by atoms with E-state index in [4.69, 9.17) is 10.3 Å². The Balaban J connectivity index is 2.17. The van der Waals surface area contributed by atoms with Gasteiger partial charge in [-0.25, -0.2) is 8.78 Å². The summed E-state index contributed by atoms with van der Waals surface area (Å²) in [6, 6.07) is 13.2. The van der Waals surface area contributed by atoms with Crippen molar-refractivity contribution in [1.82, 2.24) is 4.90 Å². The third kappa shape index (κ3) is 4.15. The summed E-state index contributed by atoms with van der Waals surface area (Å²) in [6.07, 6.45) is 2.33. The normalized spacial score (nSPS) is 17.2. The van der Waals surface area contributed by atoms with Crippen molar-refractivity contribution in [2.75, 3.05) is 0 Å². The molecule has 0 saturated carbocycles. The number of hydrogen-bond donors (Lipinski definition) is 0. The summed E-state index contributed by atoms with van der Waals surface area (Å²) in [5.74, 6) is -1.73. The molecule has 0 fully saturated rings. The Morgan fingerprint density at radius 3 is 2.07 bits per heavy atom. The molecule has 0 bridgehead atoms. The van der Waals surface area contributed by atoms with Crippen molar-refractivity contribution in [3.05, 3.63) is 89.4 Å². The largest absolute Gasteiger partial charge is 0.321 e. The van der Waals surface area contributed by atoms with Crippen molar-refractivity contribution < 1.29 is 13.2 Å². The molecule has 2 aromatic rings. The molecule has 2 aromatic carbocycles. The van der Waals surface area contributed by atoms with Crippen LogP contribution in [0.3, 0.4) is 0 Å². The van der Waals surface area contributed by atoms with Gasteiger partial charge in [-0.1, -0.05) is 13.8 Å². The highest BCUT2D eigenvalue weighted by atomic mass is 19.1. The van der Waals surface area contributed by atoms with E-state index in [-0.39, 0.29) is 11.7 Å². The molecule has 1 aliphatic heterocycles. The summed E-state index contributed by atoms with van der Waals surface area (Å²) in [4.78, 5) is 6.27. The second-order valence-electron chi connectivity index (χ2n) is 6.71. The first kappa shape index (κ1) is 19.4. The van der Waals surface area contributed by atoms with E-state index in [1.54, 1.807) is 35.2 Å². The molecule has 0 N–H and O–H groups in total. The van der Waals surface area contributed by atoms with Crippen molar-refractivity contribution in [2.45, 2.75) is 20.0 Å². The van der Waals surface area contributed by atoms with Crippen molar-refractivity contribution in [3.8, 4) is 6.07 Å². The molecule has 1 unspecified atom stereocenters. The Morgan fingerprint density at radius 1 is 1.04 bits per heavy atom. The number of nitrogens with zero attached hydrogens (tertiary/aromatic N) is 3. The van der Waals surface area contributed by atoms with Gasteiger partial charge in [0.2, 0.25) is 5.83 Å². The van der Waals surface area contributed by atoms with Gasteiger partial charge in [-0.2, -0.15) is 9.65 Å². The Labute approximate surface area is 161 Å². The van der Waals surface area contributed by atoms with Gasteiger partial charge >= 0.3 is 0 Å². The second-order valence-corrected chi connectivity index (χ2v) is 6.71. The van der Waals surface area contributed by atoms with E-state index in [0.29, 0.717) is 22.5 Å². The third-order valence-corrected chi connectivity index (χ3v) is 4.34. The summed E-state index contributed by atoms with van der Waals surface area (Å²) in [5.41, 5.74) is 2.51. The van der Waals surface area contributed by atoms with Crippen molar-refractivity contribution >= 4 is 11.4 Å². The van der Waals surface area contributed by atoms with Crippen LogP contribution in [0, 0.1) is 28.9 Å². The molecular weight excluding hydrogens is 363 g/mol. The van der Waals surface area contributed by atoms with Gasteiger partial charge in [0.25, 0.3) is 0 Å². The minimum atomic E-state index is -0.959. The predicted octanol–water partition coefficient (Wildman–Crippen LogP) is 5.43. The first-order valence-corrected chi connectivity index (χ1v) is 8.76. The fraction of sp³-hybridized carbons (Fsp3) is 0.182. The first-order valence-electron chi connectivity index (χ1n) is 8.76. The maximum Gasteiger partial charge on any atom is 0.216 e. The Bertz CT molecular complexity index is 981. The number of rotatable bonds is 4. The molecule has 0 aliphatic carbocycles. The number of allylic oxidation sites excluding steroid dienone is 2. The first-order chi connectivity index (χ1) is 13.4. The molecule has 28 heavy (non-hydrogen) atoms. The van der Waals surface area contributed by atoms with Crippen LogP contribution in [0.15, 0.2) is 71.6 Å². The van der Waals surface area contributed by atoms with Crippen LogP contribution in [0.5, 0.6) is 0 Å². The summed E-state index contributed by atoms with van der Waals surface area (Å²) in [5, 5.41) is 8.88. The van der Waals surface area contributed by atoms with Gasteiger partial charge in [0.05, 0.1) is 17.6 Å². The smallest absolute Gasteiger partial charge is 0.216 e. The molecule has 6 heteroatoms. The molecule has 142 valence electrons. The number of nitriles is 1. The van der Waals surface area contributed by atoms with Gasteiger partial charge in [0, 0.05) is 5.56 Å². The number of halogens is 3. The van der Waals surface area contributed by atoms with Gasteiger partial charge in [-0.15, -0.1) is 0 Å². The lowest BCUT2D eigenvalue weighted by molar-refractivity contribution is 0.302. The Hall–Kier alpha value is -3.33. The van der Waals surface area contributed by atoms with Crippen LogP contribution in [0.2, 0.25) is 0 Å². The highest BCUT2D eigenvalue weighted by Gasteiger charge is 2.28. The molecule has 0 radical (unpaired) electrons. The maximum absolute atomic E-state index is 13.9. The lowest BCUT2D eigenvalue weighted by atomic mass is 9.99. The highest BCUT2D eigenvalue weighted by Crippen LogP contribution is 2.32. The maximum atomic E-state index is 13.9. The van der Waals surface area contributed by atoms with Crippen LogP contribution < -0.4 is 0 Å². The van der Waals surface area contributed by atoms with E-state index in [0.717, 1.165) is 6.20 Å². The minimum Gasteiger partial charge on any atom is -0.321 e. The van der Waals surface area contributed by atoms with E-state index >= 15 is 0 Å². The van der Waals surface area contributed by atoms with Gasteiger partial charge < -0.3 is 4.90 Å². The van der Waals surface area contributed by atoms with Crippen molar-refractivity contribution in [2.24, 2.45) is 10.9 Å². The highest BCUT2D eigenvalue weighted by molar-refractivity contribution is 6.13. The number of benzene rings is 2. The number of hydrogen-bond acceptors (Lipinski definition) is 3. The molecule has 1 heterocycles. The SMILES string of the molecule is CC(C)C1N=C(c2ccc(F)cc2)C=C(c2ccc(F)cc2)N1/C=C(/F)C#N. The van der Waals surface area contributed by atoms with E-state index in [9.17, 15) is 13.2 Å². The zero-order chi connectivity index (χ0) is 20.3. The van der Waals surface area contributed by atoms with Gasteiger partial charge in [-0.05, 0) is 66.1 Å². The quantitative estimate of drug-likeness (QED) is 0.663. The Morgan fingerprint density at radius 2 is 1.57 bits per heavy atom. The third-order valence-electron chi connectivity index (χ3n) is 4.34. The average molecular weight is 381 g/mol. The van der Waals surface area contributed by atoms with Gasteiger partial charge in [-0.3, -0.25) is 4.99 Å². The summed E-state index contributed by atoms with van der Waals surface area (Å²) in [7, 11) is 0. The molecule has 1 aliphatic rings. The topological polar surface area (TPSA) is 39.4 Å². The fourth-order valence-corrected chi connectivity index (χ4v) is 2.99. The second kappa shape index (κ2) is 8.13. The fourth-order valence-electron chi connectivity index (χ4n) is 2.99. The number of aliphatic imine (C=N–C) groups is 1. The lowest BCUT2D eigenvalue weighted by Crippen LogP contribution is -2.36. The molecule has 0 aromatic heterocycles. The van der Waals surface area contributed by atoms with E-state index < -0.39 is 17.8 Å². The van der Waals surface area contributed by atoms with Crippen LogP contribution in [0.1, 0.15) is 25.0 Å². The molecule has 0 saturated heterocycles. The molecule has 3 nitrogen and oxygen atoms in total. The minimum absolute atomic E-state index is 0.0256. The summed E-state index contributed by atoms with van der Waals surface area (Å²) in [6.45, 7) is 3.85. The van der Waals surface area contributed by atoms with Crippen LogP contribution in [-0.4, -0.2) is 16.8 Å². The predicted molar refractivity (Wildman–Crippen MR) is 103 cm³/mol. The summed E-state index contributed by atoms with van der Waals surface area (Å²) < 4.78 is 40.5. The van der Waals surface area contributed by atoms with Crippen LogP contribution in [0.25, 0.3) is 5.70 Å².